The van der Waals surface area contributed by atoms with Crippen LogP contribution in [0.3, 0.4) is 0 Å². The summed E-state index contributed by atoms with van der Waals surface area (Å²) in [5.74, 6) is -1.75. The summed E-state index contributed by atoms with van der Waals surface area (Å²) < 4.78 is 0. The molecule has 0 aromatic carbocycles. The van der Waals surface area contributed by atoms with Gasteiger partial charge in [0.25, 0.3) is 0 Å². The van der Waals surface area contributed by atoms with Crippen LogP contribution >= 0.6 is 12.6 Å². The van der Waals surface area contributed by atoms with Crippen molar-refractivity contribution >= 4 is 18.6 Å². The smallest absolute Gasteiger partial charge is 0.351 e. The standard InChI is InChI=1S/C3H7NO3S/c4-3(7,1-8)2(5)6/h7-8H,1,4H2,(H,5,6). The quantitative estimate of drug-likeness (QED) is 0.280. The van der Waals surface area contributed by atoms with Gasteiger partial charge < -0.3 is 10.2 Å². The van der Waals surface area contributed by atoms with Crippen LogP contribution in [-0.4, -0.2) is 27.7 Å². The van der Waals surface area contributed by atoms with Crippen molar-refractivity contribution in [2.24, 2.45) is 5.73 Å². The van der Waals surface area contributed by atoms with Crippen molar-refractivity contribution in [1.29, 1.82) is 0 Å². The lowest BCUT2D eigenvalue weighted by molar-refractivity contribution is -0.155. The molecule has 0 spiro atoms. The SMILES string of the molecule is NC(O)(CS)C(=O)O. The fourth-order valence-corrected chi connectivity index (χ4v) is 0.203. The maximum absolute atomic E-state index is 9.83. The molecule has 5 heteroatoms. The molecule has 0 aromatic rings. The Balaban J connectivity index is 3.91. The van der Waals surface area contributed by atoms with E-state index in [4.69, 9.17) is 15.9 Å². The van der Waals surface area contributed by atoms with Gasteiger partial charge in [-0.15, -0.1) is 0 Å². The second-order valence-corrected chi connectivity index (χ2v) is 1.70. The topological polar surface area (TPSA) is 83.5 Å². The van der Waals surface area contributed by atoms with E-state index in [1.807, 2.05) is 0 Å². The van der Waals surface area contributed by atoms with Crippen LogP contribution in [0.1, 0.15) is 0 Å². The van der Waals surface area contributed by atoms with E-state index < -0.39 is 11.7 Å². The van der Waals surface area contributed by atoms with Crippen molar-refractivity contribution < 1.29 is 15.0 Å². The third-order valence-corrected chi connectivity index (χ3v) is 1.09. The molecule has 0 heterocycles. The third kappa shape index (κ3) is 1.69. The molecule has 0 radical (unpaired) electrons. The minimum Gasteiger partial charge on any atom is -0.478 e. The number of hydrogen-bond donors (Lipinski definition) is 4. The van der Waals surface area contributed by atoms with Crippen molar-refractivity contribution in [2.75, 3.05) is 5.75 Å². The second kappa shape index (κ2) is 2.34. The largest absolute Gasteiger partial charge is 0.478 e. The van der Waals surface area contributed by atoms with E-state index in [2.05, 4.69) is 12.6 Å². The number of carbonyl (C=O) groups is 1. The third-order valence-electron chi connectivity index (χ3n) is 0.611. The maximum atomic E-state index is 9.83. The van der Waals surface area contributed by atoms with Crippen molar-refractivity contribution in [3.05, 3.63) is 0 Å². The first-order chi connectivity index (χ1) is 3.50. The number of carboxylic acid groups (broad SMARTS) is 1. The lowest BCUT2D eigenvalue weighted by Gasteiger charge is -2.12. The van der Waals surface area contributed by atoms with Gasteiger partial charge in [0.05, 0.1) is 0 Å². The van der Waals surface area contributed by atoms with Gasteiger partial charge in [0.1, 0.15) is 0 Å². The van der Waals surface area contributed by atoms with Gasteiger partial charge in [-0.3, -0.25) is 5.73 Å². The first-order valence-electron chi connectivity index (χ1n) is 1.86. The molecule has 1 unspecified atom stereocenters. The lowest BCUT2D eigenvalue weighted by Crippen LogP contribution is -2.49. The molecule has 0 aliphatic carbocycles. The van der Waals surface area contributed by atoms with Crippen LogP contribution in [0.15, 0.2) is 0 Å². The van der Waals surface area contributed by atoms with Crippen LogP contribution in [0.2, 0.25) is 0 Å². The molecular formula is C3H7NO3S. The maximum Gasteiger partial charge on any atom is 0.351 e. The number of aliphatic hydroxyl groups is 1. The van der Waals surface area contributed by atoms with Crippen LogP contribution in [0.25, 0.3) is 0 Å². The molecule has 0 aliphatic heterocycles. The summed E-state index contributed by atoms with van der Waals surface area (Å²) in [6, 6.07) is 0. The van der Waals surface area contributed by atoms with Gasteiger partial charge in [-0.2, -0.15) is 12.6 Å². The molecule has 0 bridgehead atoms. The van der Waals surface area contributed by atoms with Crippen LogP contribution in [0.4, 0.5) is 0 Å². The van der Waals surface area contributed by atoms with Crippen LogP contribution in [-0.2, 0) is 4.79 Å². The zero-order valence-corrected chi connectivity index (χ0v) is 4.93. The Morgan fingerprint density at radius 1 is 1.88 bits per heavy atom. The highest BCUT2D eigenvalue weighted by atomic mass is 32.1. The molecular weight excluding hydrogens is 130 g/mol. The zero-order valence-electron chi connectivity index (χ0n) is 4.03. The van der Waals surface area contributed by atoms with E-state index >= 15 is 0 Å². The molecule has 0 aromatic heterocycles. The van der Waals surface area contributed by atoms with Gasteiger partial charge in [-0.25, -0.2) is 4.79 Å². The highest BCUT2D eigenvalue weighted by Gasteiger charge is 2.28. The number of nitrogens with two attached hydrogens (primary N) is 1. The first-order valence-corrected chi connectivity index (χ1v) is 2.49. The molecule has 0 rings (SSSR count). The normalized spacial score (nSPS) is 17.4. The average Bonchev–Trinajstić information content (AvgIpc) is 1.67. The molecule has 0 aliphatic rings. The molecule has 0 saturated carbocycles. The van der Waals surface area contributed by atoms with E-state index in [-0.39, 0.29) is 5.75 Å². The average molecular weight is 137 g/mol. The van der Waals surface area contributed by atoms with E-state index in [0.717, 1.165) is 0 Å². The van der Waals surface area contributed by atoms with Crippen molar-refractivity contribution in [3.63, 3.8) is 0 Å². The van der Waals surface area contributed by atoms with Gasteiger partial charge in [-0.05, 0) is 0 Å². The summed E-state index contributed by atoms with van der Waals surface area (Å²) in [6.07, 6.45) is 0. The Hall–Kier alpha value is -0.260. The second-order valence-electron chi connectivity index (χ2n) is 1.39. The molecule has 4 nitrogen and oxygen atoms in total. The van der Waals surface area contributed by atoms with Gasteiger partial charge in [-0.1, -0.05) is 0 Å². The van der Waals surface area contributed by atoms with Crippen molar-refractivity contribution in [1.82, 2.24) is 0 Å². The van der Waals surface area contributed by atoms with E-state index in [1.165, 1.54) is 0 Å². The highest BCUT2D eigenvalue weighted by Crippen LogP contribution is 1.95. The number of aliphatic carboxylic acids is 1. The summed E-state index contributed by atoms with van der Waals surface area (Å²) >= 11 is 3.48. The summed E-state index contributed by atoms with van der Waals surface area (Å²) in [5, 5.41) is 16.5. The van der Waals surface area contributed by atoms with Crippen molar-refractivity contribution in [3.8, 4) is 0 Å². The van der Waals surface area contributed by atoms with Crippen LogP contribution in [0.5, 0.6) is 0 Å². The molecule has 8 heavy (non-hydrogen) atoms. The van der Waals surface area contributed by atoms with E-state index in [9.17, 15) is 4.79 Å². The Kier molecular flexibility index (Phi) is 2.26. The summed E-state index contributed by atoms with van der Waals surface area (Å²) in [5.41, 5.74) is 2.56. The van der Waals surface area contributed by atoms with Gasteiger partial charge in [0.2, 0.25) is 5.72 Å². The summed E-state index contributed by atoms with van der Waals surface area (Å²) in [6.45, 7) is 0. The molecule has 0 fully saturated rings. The molecule has 1 atom stereocenters. The van der Waals surface area contributed by atoms with Crippen molar-refractivity contribution in [2.45, 2.75) is 5.72 Å². The number of thiol groups is 1. The predicted molar refractivity (Wildman–Crippen MR) is 30.6 cm³/mol. The molecule has 0 saturated heterocycles. The Labute approximate surface area is 51.7 Å². The summed E-state index contributed by atoms with van der Waals surface area (Å²) in [4.78, 5) is 9.83. The van der Waals surface area contributed by atoms with Gasteiger partial charge in [0, 0.05) is 5.75 Å². The number of rotatable bonds is 2. The van der Waals surface area contributed by atoms with Crippen LogP contribution in [0, 0.1) is 0 Å². The van der Waals surface area contributed by atoms with Gasteiger partial charge >= 0.3 is 5.97 Å². The Morgan fingerprint density at radius 2 is 2.25 bits per heavy atom. The minimum atomic E-state index is -2.18. The Bertz CT molecular complexity index is 103. The first kappa shape index (κ1) is 7.74. The minimum absolute atomic E-state index is 0.289. The fraction of sp³-hybridized carbons (Fsp3) is 0.667. The fourth-order valence-electron chi connectivity index (χ4n) is 0.0676. The molecule has 48 valence electrons. The number of carboxylic acids is 1. The van der Waals surface area contributed by atoms with Gasteiger partial charge in [0.15, 0.2) is 0 Å². The zero-order chi connectivity index (χ0) is 6.78. The predicted octanol–water partition coefficient (Wildman–Crippen LogP) is -1.35. The Morgan fingerprint density at radius 3 is 2.25 bits per heavy atom. The van der Waals surface area contributed by atoms with E-state index in [0.29, 0.717) is 0 Å². The molecule has 0 amide bonds. The van der Waals surface area contributed by atoms with E-state index in [1.54, 1.807) is 0 Å². The molecule has 4 N–H and O–H groups in total. The summed E-state index contributed by atoms with van der Waals surface area (Å²) in [7, 11) is 0. The van der Waals surface area contributed by atoms with Crippen LogP contribution < -0.4 is 5.73 Å². The highest BCUT2D eigenvalue weighted by molar-refractivity contribution is 7.80. The monoisotopic (exact) mass is 137 g/mol. The lowest BCUT2D eigenvalue weighted by atomic mass is 10.3. The number of hydrogen-bond acceptors (Lipinski definition) is 4.